The number of amides is 1. The van der Waals surface area contributed by atoms with Crippen LogP contribution in [0.1, 0.15) is 39.0 Å². The average molecular weight is 378 g/mol. The third kappa shape index (κ3) is 4.28. The highest BCUT2D eigenvalue weighted by atomic mass is 32.1. The van der Waals surface area contributed by atoms with Gasteiger partial charge in [-0.2, -0.15) is 0 Å². The van der Waals surface area contributed by atoms with Crippen molar-refractivity contribution in [1.82, 2.24) is 35.1 Å². The molecule has 142 valence electrons. The van der Waals surface area contributed by atoms with Crippen molar-refractivity contribution in [2.75, 3.05) is 39.8 Å². The van der Waals surface area contributed by atoms with Gasteiger partial charge in [0.15, 0.2) is 5.69 Å². The van der Waals surface area contributed by atoms with Gasteiger partial charge in [-0.1, -0.05) is 5.21 Å². The second kappa shape index (κ2) is 8.24. The monoisotopic (exact) mass is 377 g/mol. The Hall–Kier alpha value is -1.84. The molecule has 0 spiro atoms. The topological polar surface area (TPSA) is 79.2 Å². The lowest BCUT2D eigenvalue weighted by molar-refractivity contribution is 0.0733. The number of hydrogen-bond acceptors (Lipinski definition) is 7. The van der Waals surface area contributed by atoms with Crippen molar-refractivity contribution in [2.24, 2.45) is 0 Å². The molecule has 0 unspecified atom stereocenters. The van der Waals surface area contributed by atoms with Crippen molar-refractivity contribution in [3.63, 3.8) is 0 Å². The van der Waals surface area contributed by atoms with E-state index in [0.717, 1.165) is 54.8 Å². The van der Waals surface area contributed by atoms with Gasteiger partial charge in [-0.25, -0.2) is 4.98 Å². The SMILES string of the molecule is Cc1nc([C@@H](C)N(C)C(=O)c2cn(CCN3CCNCC3)nn2)c(C)s1. The van der Waals surface area contributed by atoms with Gasteiger partial charge in [-0.05, 0) is 20.8 Å². The summed E-state index contributed by atoms with van der Waals surface area (Å²) in [6.45, 7) is 11.8. The van der Waals surface area contributed by atoms with Crippen molar-refractivity contribution in [2.45, 2.75) is 33.4 Å². The number of piperazine rings is 1. The summed E-state index contributed by atoms with van der Waals surface area (Å²) in [5, 5.41) is 12.6. The second-order valence-corrected chi connectivity index (χ2v) is 8.13. The summed E-state index contributed by atoms with van der Waals surface area (Å²) in [6, 6.07) is -0.0987. The maximum absolute atomic E-state index is 12.8. The van der Waals surface area contributed by atoms with Gasteiger partial charge in [0.1, 0.15) is 0 Å². The molecule has 3 rings (SSSR count). The lowest BCUT2D eigenvalue weighted by Gasteiger charge is -2.26. The van der Waals surface area contributed by atoms with Gasteiger partial charge in [0, 0.05) is 44.6 Å². The zero-order chi connectivity index (χ0) is 18.7. The zero-order valence-electron chi connectivity index (χ0n) is 15.9. The van der Waals surface area contributed by atoms with Crippen LogP contribution in [0, 0.1) is 13.8 Å². The zero-order valence-corrected chi connectivity index (χ0v) is 16.7. The minimum Gasteiger partial charge on any atom is -0.332 e. The molecule has 1 saturated heterocycles. The Balaban J connectivity index is 1.60. The molecule has 1 N–H and O–H groups in total. The molecule has 9 heteroatoms. The van der Waals surface area contributed by atoms with E-state index in [0.29, 0.717) is 5.69 Å². The summed E-state index contributed by atoms with van der Waals surface area (Å²) in [6.07, 6.45) is 1.74. The minimum atomic E-state index is -0.129. The van der Waals surface area contributed by atoms with Gasteiger partial charge in [-0.15, -0.1) is 16.4 Å². The average Bonchev–Trinajstić information content (AvgIpc) is 3.25. The van der Waals surface area contributed by atoms with E-state index in [9.17, 15) is 4.79 Å². The van der Waals surface area contributed by atoms with E-state index < -0.39 is 0 Å². The Bertz CT molecular complexity index is 750. The second-order valence-electron chi connectivity index (χ2n) is 6.72. The van der Waals surface area contributed by atoms with E-state index >= 15 is 0 Å². The quantitative estimate of drug-likeness (QED) is 0.812. The van der Waals surface area contributed by atoms with Crippen molar-refractivity contribution in [3.05, 3.63) is 27.5 Å². The van der Waals surface area contributed by atoms with Crippen LogP contribution in [0.4, 0.5) is 0 Å². The molecule has 1 aliphatic heterocycles. The number of nitrogens with one attached hydrogen (secondary N) is 1. The van der Waals surface area contributed by atoms with Gasteiger partial charge in [0.25, 0.3) is 5.91 Å². The molecule has 1 fully saturated rings. The molecule has 8 nitrogen and oxygen atoms in total. The number of aromatic nitrogens is 4. The van der Waals surface area contributed by atoms with Crippen LogP contribution in [-0.4, -0.2) is 75.5 Å². The third-order valence-electron chi connectivity index (χ3n) is 4.85. The van der Waals surface area contributed by atoms with Crippen LogP contribution in [0.2, 0.25) is 0 Å². The number of nitrogens with zero attached hydrogens (tertiary/aromatic N) is 6. The van der Waals surface area contributed by atoms with Gasteiger partial charge < -0.3 is 10.2 Å². The van der Waals surface area contributed by atoms with E-state index in [4.69, 9.17) is 0 Å². The van der Waals surface area contributed by atoms with Gasteiger partial charge in [0.2, 0.25) is 0 Å². The van der Waals surface area contributed by atoms with Crippen LogP contribution >= 0.6 is 11.3 Å². The predicted molar refractivity (Wildman–Crippen MR) is 101 cm³/mol. The standard InChI is InChI=1S/C17H27N7OS/c1-12(16-13(2)26-14(3)19-16)22(4)17(25)15-11-24(21-20-15)10-9-23-7-5-18-6-8-23/h11-12,18H,5-10H2,1-4H3/t12-/m1/s1. The van der Waals surface area contributed by atoms with Crippen LogP contribution in [-0.2, 0) is 6.54 Å². The molecule has 0 aliphatic carbocycles. The summed E-state index contributed by atoms with van der Waals surface area (Å²) >= 11 is 1.66. The number of rotatable bonds is 6. The Labute approximate surface area is 158 Å². The number of carbonyl (C=O) groups excluding carboxylic acids is 1. The minimum absolute atomic E-state index is 0.0987. The third-order valence-corrected chi connectivity index (χ3v) is 5.75. The van der Waals surface area contributed by atoms with Gasteiger partial charge >= 0.3 is 0 Å². The maximum Gasteiger partial charge on any atom is 0.276 e. The molecule has 26 heavy (non-hydrogen) atoms. The van der Waals surface area contributed by atoms with E-state index in [-0.39, 0.29) is 11.9 Å². The molecule has 2 aromatic rings. The van der Waals surface area contributed by atoms with Crippen molar-refractivity contribution >= 4 is 17.2 Å². The highest BCUT2D eigenvalue weighted by molar-refractivity contribution is 7.11. The number of carbonyl (C=O) groups is 1. The van der Waals surface area contributed by atoms with Crippen LogP contribution in [0.3, 0.4) is 0 Å². The van der Waals surface area contributed by atoms with Crippen LogP contribution in [0.5, 0.6) is 0 Å². The van der Waals surface area contributed by atoms with Crippen molar-refractivity contribution in [1.29, 1.82) is 0 Å². The van der Waals surface area contributed by atoms with Crippen molar-refractivity contribution < 1.29 is 4.79 Å². The summed E-state index contributed by atoms with van der Waals surface area (Å²) in [5.74, 6) is -0.129. The number of hydrogen-bond donors (Lipinski definition) is 1. The first-order valence-electron chi connectivity index (χ1n) is 9.00. The summed E-state index contributed by atoms with van der Waals surface area (Å²) in [7, 11) is 1.79. The van der Waals surface area contributed by atoms with E-state index in [1.807, 2.05) is 20.8 Å². The molecule has 3 heterocycles. The van der Waals surface area contributed by atoms with E-state index in [1.54, 1.807) is 34.2 Å². The summed E-state index contributed by atoms with van der Waals surface area (Å²) < 4.78 is 1.76. The molecule has 0 aromatic carbocycles. The fourth-order valence-corrected chi connectivity index (χ4v) is 4.06. The first-order valence-corrected chi connectivity index (χ1v) is 9.81. The lowest BCUT2D eigenvalue weighted by atomic mass is 10.2. The van der Waals surface area contributed by atoms with Crippen LogP contribution < -0.4 is 5.32 Å². The molecule has 1 amide bonds. The smallest absolute Gasteiger partial charge is 0.276 e. The molecule has 1 atom stereocenters. The first-order chi connectivity index (χ1) is 12.5. The Morgan fingerprint density at radius 2 is 2.08 bits per heavy atom. The highest BCUT2D eigenvalue weighted by Gasteiger charge is 2.24. The van der Waals surface area contributed by atoms with Crippen LogP contribution in [0.25, 0.3) is 0 Å². The number of aryl methyl sites for hydroxylation is 2. The molecular formula is C17H27N7OS. The predicted octanol–water partition coefficient (Wildman–Crippen LogP) is 1.09. The van der Waals surface area contributed by atoms with E-state index in [1.165, 1.54) is 0 Å². The molecule has 0 saturated carbocycles. The Morgan fingerprint density at radius 3 is 2.73 bits per heavy atom. The summed E-state index contributed by atoms with van der Waals surface area (Å²) in [5.41, 5.74) is 1.33. The van der Waals surface area contributed by atoms with E-state index in [2.05, 4.69) is 25.5 Å². The summed E-state index contributed by atoms with van der Waals surface area (Å²) in [4.78, 5) is 22.6. The van der Waals surface area contributed by atoms with Crippen molar-refractivity contribution in [3.8, 4) is 0 Å². The molecular weight excluding hydrogens is 350 g/mol. The first kappa shape index (κ1) is 18.9. The largest absolute Gasteiger partial charge is 0.332 e. The fourth-order valence-electron chi connectivity index (χ4n) is 3.16. The molecule has 0 bridgehead atoms. The lowest BCUT2D eigenvalue weighted by Crippen LogP contribution is -2.44. The normalized spacial score (nSPS) is 16.6. The highest BCUT2D eigenvalue weighted by Crippen LogP contribution is 2.26. The van der Waals surface area contributed by atoms with Gasteiger partial charge in [0.05, 0.1) is 29.5 Å². The molecule has 0 radical (unpaired) electrons. The molecule has 2 aromatic heterocycles. The fraction of sp³-hybridized carbons (Fsp3) is 0.647. The molecule has 1 aliphatic rings. The Kier molecular flexibility index (Phi) is 6.00. The van der Waals surface area contributed by atoms with Crippen LogP contribution in [0.15, 0.2) is 6.20 Å². The Morgan fingerprint density at radius 1 is 1.35 bits per heavy atom. The number of thiazole rings is 1. The van der Waals surface area contributed by atoms with Gasteiger partial charge in [-0.3, -0.25) is 14.4 Å². The maximum atomic E-state index is 12.8.